The summed E-state index contributed by atoms with van der Waals surface area (Å²) in [6.45, 7) is 0.370. The van der Waals surface area contributed by atoms with E-state index in [-0.39, 0.29) is 5.78 Å². The number of carbonyl (C=O) groups excluding carboxylic acids is 1. The number of hydrogen-bond acceptors (Lipinski definition) is 1. The molecule has 0 spiro atoms. The highest BCUT2D eigenvalue weighted by Gasteiger charge is 2.09. The van der Waals surface area contributed by atoms with Crippen molar-refractivity contribution in [3.63, 3.8) is 0 Å². The van der Waals surface area contributed by atoms with Gasteiger partial charge in [-0.3, -0.25) is 4.79 Å². The summed E-state index contributed by atoms with van der Waals surface area (Å²) in [7, 11) is 1.92. The van der Waals surface area contributed by atoms with Crippen LogP contribution in [-0.4, -0.2) is 14.9 Å². The summed E-state index contributed by atoms with van der Waals surface area (Å²) in [5.41, 5.74) is 1.83. The first kappa shape index (κ1) is 12.2. The fourth-order valence-corrected chi connectivity index (χ4v) is 2.60. The number of ketones is 1. The van der Waals surface area contributed by atoms with Crippen molar-refractivity contribution in [1.82, 2.24) is 9.13 Å². The summed E-state index contributed by atoms with van der Waals surface area (Å²) < 4.78 is 4.92. The second-order valence-electron chi connectivity index (χ2n) is 4.64. The Hall–Kier alpha value is -1.81. The molecule has 0 unspecified atom stereocenters. The molecule has 0 radical (unpaired) electrons. The average molecular weight is 317 g/mol. The summed E-state index contributed by atoms with van der Waals surface area (Å²) in [4.78, 5) is 12.2. The zero-order chi connectivity index (χ0) is 13.4. The van der Waals surface area contributed by atoms with Crippen molar-refractivity contribution < 1.29 is 4.79 Å². The molecule has 2 aromatic heterocycles. The molecule has 0 amide bonds. The number of aryl methyl sites for hydroxylation is 1. The summed E-state index contributed by atoms with van der Waals surface area (Å²) in [6, 6.07) is 9.95. The van der Waals surface area contributed by atoms with Crippen LogP contribution in [0.15, 0.2) is 53.4 Å². The fourth-order valence-electron chi connectivity index (χ4n) is 2.22. The van der Waals surface area contributed by atoms with Gasteiger partial charge in [-0.25, -0.2) is 0 Å². The predicted molar refractivity (Wildman–Crippen MR) is 79.4 cm³/mol. The number of carbonyl (C=O) groups is 1. The number of rotatable bonds is 3. The predicted octanol–water partition coefficient (Wildman–Crippen LogP) is 3.63. The molecule has 0 aliphatic rings. The number of benzene rings is 1. The molecule has 3 rings (SSSR count). The zero-order valence-corrected chi connectivity index (χ0v) is 12.1. The third kappa shape index (κ3) is 2.36. The highest BCUT2D eigenvalue weighted by Crippen LogP contribution is 2.21. The van der Waals surface area contributed by atoms with E-state index in [0.717, 1.165) is 20.9 Å². The van der Waals surface area contributed by atoms with Crippen LogP contribution in [0.5, 0.6) is 0 Å². The minimum atomic E-state index is 0.126. The van der Waals surface area contributed by atoms with Gasteiger partial charge >= 0.3 is 0 Å². The topological polar surface area (TPSA) is 26.9 Å². The molecule has 0 aliphatic heterocycles. The molecular formula is C15H13BrN2O. The van der Waals surface area contributed by atoms with Gasteiger partial charge in [-0.05, 0) is 30.3 Å². The molecule has 0 aliphatic carbocycles. The van der Waals surface area contributed by atoms with Crippen LogP contribution in [0.3, 0.4) is 0 Å². The monoisotopic (exact) mass is 316 g/mol. The van der Waals surface area contributed by atoms with E-state index in [0.29, 0.717) is 6.54 Å². The molecule has 3 aromatic rings. The molecule has 1 aromatic carbocycles. The summed E-state index contributed by atoms with van der Waals surface area (Å²) in [5.74, 6) is 0.126. The molecular weight excluding hydrogens is 304 g/mol. The van der Waals surface area contributed by atoms with Gasteiger partial charge in [0.25, 0.3) is 0 Å². The second kappa shape index (κ2) is 4.70. The number of Topliss-reactive ketones (excluding diaryl/α,β-unsaturated/α-hetero) is 1. The van der Waals surface area contributed by atoms with Gasteiger partial charge in [-0.1, -0.05) is 15.9 Å². The van der Waals surface area contributed by atoms with E-state index in [9.17, 15) is 4.79 Å². The Morgan fingerprint density at radius 3 is 2.79 bits per heavy atom. The first-order chi connectivity index (χ1) is 9.13. The van der Waals surface area contributed by atoms with E-state index in [1.54, 1.807) is 0 Å². The Kier molecular flexibility index (Phi) is 3.03. The maximum atomic E-state index is 12.2. The maximum Gasteiger partial charge on any atom is 0.184 e. The number of halogens is 1. The maximum absolute atomic E-state index is 12.2. The number of nitrogens with zero attached hydrogens (tertiary/aromatic N) is 2. The Balaban J connectivity index is 1.91. The van der Waals surface area contributed by atoms with Gasteiger partial charge in [0, 0.05) is 46.6 Å². The standard InChI is InChI=1S/C15H13BrN2O/c1-17-6-4-12(9-17)15(19)10-18-7-5-11-8-13(16)2-3-14(11)18/h2-9H,10H2,1H3. The van der Waals surface area contributed by atoms with Crippen molar-refractivity contribution in [2.75, 3.05) is 0 Å². The smallest absolute Gasteiger partial charge is 0.184 e. The van der Waals surface area contributed by atoms with Gasteiger partial charge in [-0.15, -0.1) is 0 Å². The third-order valence-corrected chi connectivity index (χ3v) is 3.69. The van der Waals surface area contributed by atoms with Gasteiger partial charge in [-0.2, -0.15) is 0 Å². The molecule has 0 N–H and O–H groups in total. The summed E-state index contributed by atoms with van der Waals surface area (Å²) >= 11 is 3.45. The van der Waals surface area contributed by atoms with E-state index >= 15 is 0 Å². The quantitative estimate of drug-likeness (QED) is 0.678. The van der Waals surface area contributed by atoms with Gasteiger partial charge in [0.1, 0.15) is 0 Å². The van der Waals surface area contributed by atoms with Crippen molar-refractivity contribution in [2.24, 2.45) is 7.05 Å². The van der Waals surface area contributed by atoms with E-state index in [1.807, 2.05) is 59.0 Å². The van der Waals surface area contributed by atoms with Crippen molar-refractivity contribution in [2.45, 2.75) is 6.54 Å². The first-order valence-electron chi connectivity index (χ1n) is 6.03. The lowest BCUT2D eigenvalue weighted by Crippen LogP contribution is -2.08. The normalized spacial score (nSPS) is 11.1. The molecule has 3 nitrogen and oxygen atoms in total. The Morgan fingerprint density at radius 1 is 1.21 bits per heavy atom. The van der Waals surface area contributed by atoms with Crippen LogP contribution in [0, 0.1) is 0 Å². The Labute approximate surface area is 119 Å². The third-order valence-electron chi connectivity index (χ3n) is 3.20. The van der Waals surface area contributed by atoms with Crippen LogP contribution in [0.2, 0.25) is 0 Å². The van der Waals surface area contributed by atoms with Crippen LogP contribution in [0.25, 0.3) is 10.9 Å². The van der Waals surface area contributed by atoms with E-state index in [4.69, 9.17) is 0 Å². The largest absolute Gasteiger partial charge is 0.357 e. The SMILES string of the molecule is Cn1ccc(C(=O)Cn2ccc3cc(Br)ccc32)c1. The molecule has 0 fully saturated rings. The van der Waals surface area contributed by atoms with E-state index < -0.39 is 0 Å². The molecule has 2 heterocycles. The Bertz CT molecular complexity index is 754. The minimum absolute atomic E-state index is 0.126. The Morgan fingerprint density at radius 2 is 2.05 bits per heavy atom. The highest BCUT2D eigenvalue weighted by atomic mass is 79.9. The van der Waals surface area contributed by atoms with Crippen LogP contribution in [-0.2, 0) is 13.6 Å². The van der Waals surface area contributed by atoms with Gasteiger partial charge in [0.05, 0.1) is 6.54 Å². The number of hydrogen-bond donors (Lipinski definition) is 0. The lowest BCUT2D eigenvalue weighted by molar-refractivity contribution is 0.0973. The van der Waals surface area contributed by atoms with Gasteiger partial charge in [0.2, 0.25) is 0 Å². The van der Waals surface area contributed by atoms with Crippen LogP contribution >= 0.6 is 15.9 Å². The van der Waals surface area contributed by atoms with Crippen molar-refractivity contribution in [3.8, 4) is 0 Å². The number of fused-ring (bicyclic) bond motifs is 1. The van der Waals surface area contributed by atoms with Crippen LogP contribution in [0.4, 0.5) is 0 Å². The molecule has 96 valence electrons. The molecule has 0 saturated carbocycles. The molecule has 19 heavy (non-hydrogen) atoms. The lowest BCUT2D eigenvalue weighted by Gasteiger charge is -2.04. The number of aromatic nitrogens is 2. The molecule has 0 bridgehead atoms. The van der Waals surface area contributed by atoms with Gasteiger partial charge < -0.3 is 9.13 Å². The van der Waals surface area contributed by atoms with E-state index in [2.05, 4.69) is 22.0 Å². The van der Waals surface area contributed by atoms with E-state index in [1.165, 1.54) is 0 Å². The summed E-state index contributed by atoms with van der Waals surface area (Å²) in [5, 5.41) is 1.13. The molecule has 4 heteroatoms. The molecule has 0 atom stereocenters. The van der Waals surface area contributed by atoms with Crippen LogP contribution < -0.4 is 0 Å². The first-order valence-corrected chi connectivity index (χ1v) is 6.82. The second-order valence-corrected chi connectivity index (χ2v) is 5.55. The molecule has 0 saturated heterocycles. The van der Waals surface area contributed by atoms with Crippen molar-refractivity contribution in [1.29, 1.82) is 0 Å². The zero-order valence-electron chi connectivity index (χ0n) is 10.5. The summed E-state index contributed by atoms with van der Waals surface area (Å²) in [6.07, 6.45) is 5.70. The van der Waals surface area contributed by atoms with Gasteiger partial charge in [0.15, 0.2) is 5.78 Å². The van der Waals surface area contributed by atoms with Crippen LogP contribution in [0.1, 0.15) is 10.4 Å². The highest BCUT2D eigenvalue weighted by molar-refractivity contribution is 9.10. The fraction of sp³-hybridized carbons (Fsp3) is 0.133. The minimum Gasteiger partial charge on any atom is -0.357 e. The lowest BCUT2D eigenvalue weighted by atomic mass is 10.2. The average Bonchev–Trinajstić information content (AvgIpc) is 2.96. The van der Waals surface area contributed by atoms with Crippen molar-refractivity contribution in [3.05, 3.63) is 59.0 Å². The van der Waals surface area contributed by atoms with Crippen molar-refractivity contribution >= 4 is 32.6 Å².